The van der Waals surface area contributed by atoms with E-state index in [0.717, 1.165) is 31.6 Å². The smallest absolute Gasteiger partial charge is 0.240 e. The highest BCUT2D eigenvalue weighted by Crippen LogP contribution is 2.26. The van der Waals surface area contributed by atoms with Gasteiger partial charge in [0.1, 0.15) is 0 Å². The van der Waals surface area contributed by atoms with E-state index in [4.69, 9.17) is 0 Å². The molecule has 0 unspecified atom stereocenters. The number of hydrogen-bond acceptors (Lipinski definition) is 4. The lowest BCUT2D eigenvalue weighted by Gasteiger charge is -2.28. The number of rotatable bonds is 8. The number of carbonyl (C=O) groups excluding carboxylic acids is 1. The molecule has 1 atom stereocenters. The zero-order chi connectivity index (χ0) is 21.0. The molecule has 0 saturated carbocycles. The Morgan fingerprint density at radius 2 is 1.93 bits per heavy atom. The number of carbonyl (C=O) groups is 1. The molecule has 8 heteroatoms. The predicted molar refractivity (Wildman–Crippen MR) is 114 cm³/mol. The Morgan fingerprint density at radius 1 is 1.21 bits per heavy atom. The van der Waals surface area contributed by atoms with E-state index in [-0.39, 0.29) is 16.8 Å². The molecular weight excluding hydrogens is 388 g/mol. The van der Waals surface area contributed by atoms with Crippen molar-refractivity contribution in [2.75, 3.05) is 25.0 Å². The minimum Gasteiger partial charge on any atom is -0.353 e. The first-order chi connectivity index (χ1) is 13.8. The van der Waals surface area contributed by atoms with Crippen LogP contribution in [0.1, 0.15) is 43.5 Å². The normalized spacial score (nSPS) is 16.1. The molecule has 1 aromatic heterocycles. The minimum absolute atomic E-state index is 0.00398. The standard InChI is InChI=1S/C21H30N4O3S/c1-4-21(26)23-17-9-10-20(16(2)14-17)29(27,28)22-15-19(25-12-5-6-13-25)18-8-7-11-24(18)3/h7-11,14,19,22H,4-6,12-13,15H2,1-3H3,(H,23,26)/t19-/m1/s1. The van der Waals surface area contributed by atoms with Crippen LogP contribution in [0.2, 0.25) is 0 Å². The molecule has 1 amide bonds. The zero-order valence-corrected chi connectivity index (χ0v) is 18.1. The number of likely N-dealkylation sites (tertiary alicyclic amines) is 1. The Bertz CT molecular complexity index is 962. The molecule has 0 bridgehead atoms. The first-order valence-electron chi connectivity index (χ1n) is 10.1. The van der Waals surface area contributed by atoms with Gasteiger partial charge in [-0.3, -0.25) is 9.69 Å². The molecule has 2 N–H and O–H groups in total. The Hall–Kier alpha value is -2.16. The summed E-state index contributed by atoms with van der Waals surface area (Å²) in [4.78, 5) is 14.1. The van der Waals surface area contributed by atoms with Gasteiger partial charge in [-0.05, 0) is 68.8 Å². The number of aryl methyl sites for hydroxylation is 2. The second kappa shape index (κ2) is 9.11. The number of hydrogen-bond donors (Lipinski definition) is 2. The van der Waals surface area contributed by atoms with Gasteiger partial charge < -0.3 is 9.88 Å². The van der Waals surface area contributed by atoms with Gasteiger partial charge in [-0.2, -0.15) is 0 Å². The van der Waals surface area contributed by atoms with Crippen molar-refractivity contribution in [2.24, 2.45) is 7.05 Å². The summed E-state index contributed by atoms with van der Waals surface area (Å²) in [5, 5.41) is 2.76. The third-order valence-corrected chi connectivity index (χ3v) is 7.03. The first-order valence-corrected chi connectivity index (χ1v) is 11.6. The van der Waals surface area contributed by atoms with E-state index in [1.165, 1.54) is 0 Å². The van der Waals surface area contributed by atoms with Crippen LogP contribution in [0.4, 0.5) is 5.69 Å². The van der Waals surface area contributed by atoms with Crippen LogP contribution in [-0.4, -0.2) is 43.4 Å². The van der Waals surface area contributed by atoms with E-state index in [1.807, 2.05) is 29.9 Å². The van der Waals surface area contributed by atoms with Crippen molar-refractivity contribution in [3.8, 4) is 0 Å². The monoisotopic (exact) mass is 418 g/mol. The van der Waals surface area contributed by atoms with E-state index in [2.05, 4.69) is 14.9 Å². The fourth-order valence-electron chi connectivity index (χ4n) is 3.84. The van der Waals surface area contributed by atoms with Crippen molar-refractivity contribution < 1.29 is 13.2 Å². The molecule has 0 aliphatic carbocycles. The number of nitrogens with one attached hydrogen (secondary N) is 2. The third kappa shape index (κ3) is 5.07. The van der Waals surface area contributed by atoms with E-state index >= 15 is 0 Å². The molecule has 0 spiro atoms. The molecule has 1 aromatic carbocycles. The lowest BCUT2D eigenvalue weighted by molar-refractivity contribution is -0.115. The predicted octanol–water partition coefficient (Wildman–Crippen LogP) is 2.80. The van der Waals surface area contributed by atoms with Gasteiger partial charge in [-0.15, -0.1) is 0 Å². The Kier molecular flexibility index (Phi) is 6.77. The molecule has 29 heavy (non-hydrogen) atoms. The maximum Gasteiger partial charge on any atom is 0.240 e. The maximum absolute atomic E-state index is 13.0. The van der Waals surface area contributed by atoms with Crippen LogP contribution in [0.5, 0.6) is 0 Å². The average Bonchev–Trinajstić information content (AvgIpc) is 3.34. The van der Waals surface area contributed by atoms with Crippen molar-refractivity contribution in [3.05, 3.63) is 47.8 Å². The van der Waals surface area contributed by atoms with Gasteiger partial charge in [0, 0.05) is 37.6 Å². The number of amides is 1. The highest BCUT2D eigenvalue weighted by molar-refractivity contribution is 7.89. The van der Waals surface area contributed by atoms with Crippen LogP contribution in [-0.2, 0) is 21.9 Å². The van der Waals surface area contributed by atoms with Gasteiger partial charge in [0.25, 0.3) is 0 Å². The molecule has 2 heterocycles. The molecule has 7 nitrogen and oxygen atoms in total. The summed E-state index contributed by atoms with van der Waals surface area (Å²) < 4.78 is 30.8. The van der Waals surface area contributed by atoms with Crippen molar-refractivity contribution in [1.29, 1.82) is 0 Å². The zero-order valence-electron chi connectivity index (χ0n) is 17.3. The molecule has 1 aliphatic rings. The summed E-state index contributed by atoms with van der Waals surface area (Å²) in [7, 11) is -1.68. The van der Waals surface area contributed by atoms with E-state index in [9.17, 15) is 13.2 Å². The van der Waals surface area contributed by atoms with E-state index in [1.54, 1.807) is 32.0 Å². The van der Waals surface area contributed by atoms with Crippen molar-refractivity contribution >= 4 is 21.6 Å². The van der Waals surface area contributed by atoms with Gasteiger partial charge >= 0.3 is 0 Å². The molecular formula is C21H30N4O3S. The van der Waals surface area contributed by atoms with Crippen LogP contribution in [0.3, 0.4) is 0 Å². The topological polar surface area (TPSA) is 83.4 Å². The quantitative estimate of drug-likeness (QED) is 0.691. The van der Waals surface area contributed by atoms with Crippen molar-refractivity contribution in [3.63, 3.8) is 0 Å². The number of aromatic nitrogens is 1. The second-order valence-corrected chi connectivity index (χ2v) is 9.27. The molecule has 1 aliphatic heterocycles. The lowest BCUT2D eigenvalue weighted by Crippen LogP contribution is -2.37. The third-order valence-electron chi connectivity index (χ3n) is 5.44. The lowest BCUT2D eigenvalue weighted by atomic mass is 10.2. The molecule has 3 rings (SSSR count). The second-order valence-electron chi connectivity index (χ2n) is 7.54. The van der Waals surface area contributed by atoms with Gasteiger partial charge in [-0.1, -0.05) is 6.92 Å². The van der Waals surface area contributed by atoms with E-state index in [0.29, 0.717) is 24.2 Å². The number of sulfonamides is 1. The van der Waals surface area contributed by atoms with Crippen molar-refractivity contribution in [1.82, 2.24) is 14.2 Å². The van der Waals surface area contributed by atoms with Crippen LogP contribution in [0.25, 0.3) is 0 Å². The number of benzene rings is 1. The van der Waals surface area contributed by atoms with Gasteiger partial charge in [0.05, 0.1) is 10.9 Å². The van der Waals surface area contributed by atoms with Crippen LogP contribution in [0, 0.1) is 6.92 Å². The Labute approximate surface area is 173 Å². The van der Waals surface area contributed by atoms with Crippen LogP contribution >= 0.6 is 0 Å². The summed E-state index contributed by atoms with van der Waals surface area (Å²) in [5.41, 5.74) is 2.30. The van der Waals surface area contributed by atoms with Gasteiger partial charge in [0.15, 0.2) is 0 Å². The molecule has 158 valence electrons. The maximum atomic E-state index is 13.0. The Morgan fingerprint density at radius 3 is 2.52 bits per heavy atom. The summed E-state index contributed by atoms with van der Waals surface area (Å²) in [6.45, 7) is 5.78. The first kappa shape index (κ1) is 21.5. The van der Waals surface area contributed by atoms with Crippen LogP contribution in [0.15, 0.2) is 41.4 Å². The summed E-state index contributed by atoms with van der Waals surface area (Å²) in [5.74, 6) is -0.103. The molecule has 0 radical (unpaired) electrons. The summed E-state index contributed by atoms with van der Waals surface area (Å²) >= 11 is 0. The van der Waals surface area contributed by atoms with Crippen LogP contribution < -0.4 is 10.0 Å². The SMILES string of the molecule is CCC(=O)Nc1ccc(S(=O)(=O)NC[C@H](c2cccn2C)N2CCCC2)c(C)c1. The molecule has 2 aromatic rings. The number of nitrogens with zero attached hydrogens (tertiary/aromatic N) is 2. The number of anilines is 1. The van der Waals surface area contributed by atoms with Gasteiger partial charge in [0.2, 0.25) is 15.9 Å². The minimum atomic E-state index is -3.67. The summed E-state index contributed by atoms with van der Waals surface area (Å²) in [6, 6.07) is 8.90. The Balaban J connectivity index is 1.77. The summed E-state index contributed by atoms with van der Waals surface area (Å²) in [6.07, 6.45) is 4.63. The highest BCUT2D eigenvalue weighted by Gasteiger charge is 2.27. The van der Waals surface area contributed by atoms with Gasteiger partial charge in [-0.25, -0.2) is 13.1 Å². The fourth-order valence-corrected chi connectivity index (χ4v) is 5.10. The van der Waals surface area contributed by atoms with Crippen molar-refractivity contribution in [2.45, 2.75) is 44.0 Å². The molecule has 1 fully saturated rings. The largest absolute Gasteiger partial charge is 0.353 e. The highest BCUT2D eigenvalue weighted by atomic mass is 32.2. The fraction of sp³-hybridized carbons (Fsp3) is 0.476. The average molecular weight is 419 g/mol. The van der Waals surface area contributed by atoms with E-state index < -0.39 is 10.0 Å². The molecule has 1 saturated heterocycles.